The zero-order chi connectivity index (χ0) is 20.5. The van der Waals surface area contributed by atoms with Crippen LogP contribution in [0.25, 0.3) is 0 Å². The number of carbonyl (C=O) groups excluding carboxylic acids is 1. The zero-order valence-electron chi connectivity index (χ0n) is 17.4. The van der Waals surface area contributed by atoms with Crippen LogP contribution in [0.3, 0.4) is 0 Å². The lowest BCUT2D eigenvalue weighted by molar-refractivity contribution is -0.00310. The highest BCUT2D eigenvalue weighted by Gasteiger charge is 2.34. The van der Waals surface area contributed by atoms with Gasteiger partial charge in [-0.3, -0.25) is 14.2 Å². The monoisotopic (exact) mass is 393 g/mol. The van der Waals surface area contributed by atoms with Crippen LogP contribution >= 0.6 is 0 Å². The van der Waals surface area contributed by atoms with Gasteiger partial charge in [-0.2, -0.15) is 10.2 Å². The number of morpholine rings is 1. The molecule has 1 atom stereocenters. The first kappa shape index (κ1) is 19.4. The molecule has 0 unspecified atom stereocenters. The Morgan fingerprint density at radius 2 is 1.93 bits per heavy atom. The van der Waals surface area contributed by atoms with E-state index in [1.807, 2.05) is 48.7 Å². The van der Waals surface area contributed by atoms with Gasteiger partial charge in [-0.05, 0) is 26.3 Å². The highest BCUT2D eigenvalue weighted by atomic mass is 16.5. The van der Waals surface area contributed by atoms with Gasteiger partial charge in [0.15, 0.2) is 0 Å². The summed E-state index contributed by atoms with van der Waals surface area (Å²) >= 11 is 0. The van der Waals surface area contributed by atoms with Crippen LogP contribution in [0.4, 0.5) is 0 Å². The summed E-state index contributed by atoms with van der Waals surface area (Å²) in [6, 6.07) is 10.1. The Labute approximate surface area is 170 Å². The first-order chi connectivity index (χ1) is 14.0. The summed E-state index contributed by atoms with van der Waals surface area (Å²) in [7, 11) is 1.85. The molecule has 1 saturated heterocycles. The molecular weight excluding hydrogens is 366 g/mol. The second-order valence-corrected chi connectivity index (χ2v) is 7.58. The molecule has 0 spiro atoms. The molecule has 7 heteroatoms. The molecule has 152 valence electrons. The van der Waals surface area contributed by atoms with E-state index in [1.54, 1.807) is 10.9 Å². The first-order valence-electron chi connectivity index (χ1n) is 9.92. The molecule has 1 fully saturated rings. The smallest absolute Gasteiger partial charge is 0.257 e. The average molecular weight is 393 g/mol. The van der Waals surface area contributed by atoms with E-state index in [0.29, 0.717) is 31.9 Å². The molecule has 4 rings (SSSR count). The van der Waals surface area contributed by atoms with Crippen molar-refractivity contribution < 1.29 is 9.53 Å². The van der Waals surface area contributed by atoms with Crippen LogP contribution in [0.5, 0.6) is 0 Å². The number of aromatic nitrogens is 4. The fraction of sp³-hybridized carbons (Fsp3) is 0.409. The Bertz CT molecular complexity index is 1020. The topological polar surface area (TPSA) is 65.2 Å². The van der Waals surface area contributed by atoms with E-state index in [9.17, 15) is 4.79 Å². The van der Waals surface area contributed by atoms with Gasteiger partial charge in [0, 0.05) is 30.5 Å². The molecule has 0 saturated carbocycles. The molecule has 0 N–H and O–H groups in total. The first-order valence-corrected chi connectivity index (χ1v) is 9.92. The van der Waals surface area contributed by atoms with E-state index < -0.39 is 0 Å². The van der Waals surface area contributed by atoms with Crippen LogP contribution in [-0.2, 0) is 18.3 Å². The molecule has 0 radical (unpaired) electrons. The summed E-state index contributed by atoms with van der Waals surface area (Å²) in [6.45, 7) is 8.28. The van der Waals surface area contributed by atoms with Crippen molar-refractivity contribution in [1.82, 2.24) is 24.5 Å². The van der Waals surface area contributed by atoms with Gasteiger partial charge in [0.05, 0.1) is 43.3 Å². The van der Waals surface area contributed by atoms with Crippen molar-refractivity contribution in [3.05, 3.63) is 70.3 Å². The second-order valence-electron chi connectivity index (χ2n) is 7.58. The van der Waals surface area contributed by atoms with Crippen molar-refractivity contribution in [2.75, 3.05) is 19.8 Å². The third-order valence-corrected chi connectivity index (χ3v) is 5.80. The standard InChI is InChI=1S/C22H27N5O2/c1-15-21(17(3)27(24-15)13-18-8-6-5-7-9-18)20-14-29-11-10-26(20)22(28)19-12-23-25(4)16(19)2/h5-9,12,20H,10-11,13-14H2,1-4H3/t20-/m0/s1. The van der Waals surface area contributed by atoms with Gasteiger partial charge in [-0.1, -0.05) is 30.3 Å². The normalized spacial score (nSPS) is 17.0. The van der Waals surface area contributed by atoms with Gasteiger partial charge >= 0.3 is 0 Å². The Hall–Kier alpha value is -2.93. The molecule has 3 heterocycles. The molecule has 1 amide bonds. The number of nitrogens with zero attached hydrogens (tertiary/aromatic N) is 5. The van der Waals surface area contributed by atoms with Crippen LogP contribution in [0.1, 0.15) is 44.6 Å². The maximum absolute atomic E-state index is 13.3. The summed E-state index contributed by atoms with van der Waals surface area (Å²) in [5.74, 6) is -0.00138. The molecule has 1 aliphatic rings. The van der Waals surface area contributed by atoms with E-state index in [2.05, 4.69) is 24.2 Å². The van der Waals surface area contributed by atoms with E-state index in [1.165, 1.54) is 5.56 Å². The van der Waals surface area contributed by atoms with Crippen LogP contribution < -0.4 is 0 Å². The summed E-state index contributed by atoms with van der Waals surface area (Å²) in [5.41, 5.74) is 5.80. The minimum Gasteiger partial charge on any atom is -0.377 e. The number of carbonyl (C=O) groups is 1. The van der Waals surface area contributed by atoms with E-state index in [4.69, 9.17) is 9.84 Å². The van der Waals surface area contributed by atoms with Crippen molar-refractivity contribution >= 4 is 5.91 Å². The lowest BCUT2D eigenvalue weighted by atomic mass is 10.0. The summed E-state index contributed by atoms with van der Waals surface area (Å²) in [4.78, 5) is 15.2. The number of hydrogen-bond acceptors (Lipinski definition) is 4. The van der Waals surface area contributed by atoms with Gasteiger partial charge in [-0.25, -0.2) is 0 Å². The lowest BCUT2D eigenvalue weighted by Crippen LogP contribution is -2.44. The molecule has 2 aromatic heterocycles. The molecular formula is C22H27N5O2. The number of benzene rings is 1. The summed E-state index contributed by atoms with van der Waals surface area (Å²) in [6.07, 6.45) is 1.66. The average Bonchev–Trinajstić information content (AvgIpc) is 3.20. The highest BCUT2D eigenvalue weighted by Crippen LogP contribution is 2.31. The number of hydrogen-bond donors (Lipinski definition) is 0. The summed E-state index contributed by atoms with van der Waals surface area (Å²) < 4.78 is 9.53. The predicted octanol–water partition coefficient (Wildman–Crippen LogP) is 2.80. The molecule has 1 aromatic carbocycles. The molecule has 3 aromatic rings. The van der Waals surface area contributed by atoms with E-state index in [-0.39, 0.29) is 11.9 Å². The Kier molecular flexibility index (Phi) is 5.24. The minimum absolute atomic E-state index is 0.00138. The van der Waals surface area contributed by atoms with Gasteiger partial charge < -0.3 is 9.64 Å². The maximum atomic E-state index is 13.3. The second kappa shape index (κ2) is 7.83. The van der Waals surface area contributed by atoms with Crippen molar-refractivity contribution in [2.24, 2.45) is 7.05 Å². The molecule has 7 nitrogen and oxygen atoms in total. The summed E-state index contributed by atoms with van der Waals surface area (Å²) in [5, 5.41) is 9.01. The van der Waals surface area contributed by atoms with Crippen LogP contribution in [0.15, 0.2) is 36.5 Å². The number of amides is 1. The highest BCUT2D eigenvalue weighted by molar-refractivity contribution is 5.95. The fourth-order valence-corrected chi connectivity index (χ4v) is 4.05. The molecule has 1 aliphatic heterocycles. The van der Waals surface area contributed by atoms with Crippen molar-refractivity contribution in [3.63, 3.8) is 0 Å². The lowest BCUT2D eigenvalue weighted by Gasteiger charge is -2.36. The third kappa shape index (κ3) is 3.58. The van der Waals surface area contributed by atoms with E-state index >= 15 is 0 Å². The molecule has 0 bridgehead atoms. The SMILES string of the molecule is Cc1nn(Cc2ccccc2)c(C)c1[C@@H]1COCCN1C(=O)c1cnn(C)c1C. The number of aryl methyl sites for hydroxylation is 2. The quantitative estimate of drug-likeness (QED) is 0.684. The minimum atomic E-state index is -0.152. The number of ether oxygens (including phenoxy) is 1. The Balaban J connectivity index is 1.67. The molecule has 0 aliphatic carbocycles. The maximum Gasteiger partial charge on any atom is 0.257 e. The third-order valence-electron chi connectivity index (χ3n) is 5.80. The van der Waals surface area contributed by atoms with Crippen molar-refractivity contribution in [3.8, 4) is 0 Å². The van der Waals surface area contributed by atoms with Crippen molar-refractivity contribution in [2.45, 2.75) is 33.4 Å². The number of rotatable bonds is 4. The van der Waals surface area contributed by atoms with Crippen LogP contribution in [-0.4, -0.2) is 50.1 Å². The zero-order valence-corrected chi connectivity index (χ0v) is 17.4. The van der Waals surface area contributed by atoms with Crippen molar-refractivity contribution in [1.29, 1.82) is 0 Å². The van der Waals surface area contributed by atoms with E-state index in [0.717, 1.165) is 22.6 Å². The van der Waals surface area contributed by atoms with Gasteiger partial charge in [0.25, 0.3) is 5.91 Å². The van der Waals surface area contributed by atoms with Gasteiger partial charge in [0.1, 0.15) is 0 Å². The van der Waals surface area contributed by atoms with Crippen LogP contribution in [0, 0.1) is 20.8 Å². The Morgan fingerprint density at radius 1 is 1.17 bits per heavy atom. The predicted molar refractivity (Wildman–Crippen MR) is 110 cm³/mol. The Morgan fingerprint density at radius 3 is 2.62 bits per heavy atom. The van der Waals surface area contributed by atoms with Gasteiger partial charge in [-0.15, -0.1) is 0 Å². The molecule has 29 heavy (non-hydrogen) atoms. The fourth-order valence-electron chi connectivity index (χ4n) is 4.05. The van der Waals surface area contributed by atoms with Gasteiger partial charge in [0.2, 0.25) is 0 Å². The van der Waals surface area contributed by atoms with Crippen LogP contribution in [0.2, 0.25) is 0 Å². The largest absolute Gasteiger partial charge is 0.377 e.